The molecule has 0 unspecified atom stereocenters. The van der Waals surface area contributed by atoms with E-state index in [9.17, 15) is 0 Å². The van der Waals surface area contributed by atoms with Gasteiger partial charge in [0.05, 0.1) is 0 Å². The Hall–Kier alpha value is -1.82. The summed E-state index contributed by atoms with van der Waals surface area (Å²) in [5.41, 5.74) is 5.63. The normalized spacial score (nSPS) is 20.3. The van der Waals surface area contributed by atoms with Crippen LogP contribution in [0.2, 0.25) is 0 Å². The molecular weight excluding hydrogens is 312 g/mol. The van der Waals surface area contributed by atoms with Gasteiger partial charge in [0.2, 0.25) is 0 Å². The summed E-state index contributed by atoms with van der Waals surface area (Å²) in [6.07, 6.45) is 6.65. The lowest BCUT2D eigenvalue weighted by molar-refractivity contribution is 0.151. The number of benzene rings is 2. The summed E-state index contributed by atoms with van der Waals surface area (Å²) >= 11 is 0. The van der Waals surface area contributed by atoms with E-state index in [0.29, 0.717) is 5.41 Å². The van der Waals surface area contributed by atoms with E-state index in [4.69, 9.17) is 0 Å². The van der Waals surface area contributed by atoms with Gasteiger partial charge in [0.15, 0.2) is 0 Å². The molecule has 26 heavy (non-hydrogen) atoms. The first-order chi connectivity index (χ1) is 11.9. The maximum absolute atomic E-state index is 4.39. The SMILES string of the molecule is C.C=C(CC1CCC(C(C)(C)C)CC1)c1ccc(-c2ccccc2)cc1. The van der Waals surface area contributed by atoms with Crippen molar-refractivity contribution in [3.8, 4) is 11.1 Å². The second-order valence-corrected chi connectivity index (χ2v) is 8.83. The Balaban J connectivity index is 0.00000243. The third-order valence-electron chi connectivity index (χ3n) is 6.01. The number of hydrogen-bond donors (Lipinski definition) is 0. The molecule has 0 heteroatoms. The molecule has 1 aliphatic carbocycles. The third-order valence-corrected chi connectivity index (χ3v) is 6.01. The minimum Gasteiger partial charge on any atom is -0.0952 e. The predicted octanol–water partition coefficient (Wildman–Crippen LogP) is 8.25. The average molecular weight is 349 g/mol. The minimum absolute atomic E-state index is 0. The van der Waals surface area contributed by atoms with Gasteiger partial charge < -0.3 is 0 Å². The molecule has 2 aromatic rings. The first kappa shape index (κ1) is 20.5. The van der Waals surface area contributed by atoms with Crippen LogP contribution in [0.1, 0.15) is 65.9 Å². The molecule has 1 saturated carbocycles. The van der Waals surface area contributed by atoms with Crippen LogP contribution in [0.5, 0.6) is 0 Å². The predicted molar refractivity (Wildman–Crippen MR) is 117 cm³/mol. The Morgan fingerprint density at radius 2 is 1.38 bits per heavy atom. The lowest BCUT2D eigenvalue weighted by atomic mass is 9.69. The van der Waals surface area contributed by atoms with Gasteiger partial charge in [-0.3, -0.25) is 0 Å². The Labute approximate surface area is 161 Å². The first-order valence-corrected chi connectivity index (χ1v) is 9.77. The zero-order valence-electron chi connectivity index (χ0n) is 16.1. The second-order valence-electron chi connectivity index (χ2n) is 8.83. The molecule has 0 nitrogen and oxygen atoms in total. The van der Waals surface area contributed by atoms with Crippen molar-refractivity contribution in [1.82, 2.24) is 0 Å². The van der Waals surface area contributed by atoms with E-state index >= 15 is 0 Å². The smallest absolute Gasteiger partial charge is 0.0184 e. The zero-order valence-corrected chi connectivity index (χ0v) is 16.1. The summed E-state index contributed by atoms with van der Waals surface area (Å²) in [5, 5.41) is 0. The highest BCUT2D eigenvalue weighted by Crippen LogP contribution is 2.42. The fourth-order valence-corrected chi connectivity index (χ4v) is 4.23. The fraction of sp³-hybridized carbons (Fsp3) is 0.462. The van der Waals surface area contributed by atoms with Crippen LogP contribution in [0.25, 0.3) is 16.7 Å². The molecule has 0 N–H and O–H groups in total. The van der Waals surface area contributed by atoms with Gasteiger partial charge in [-0.1, -0.05) is 89.4 Å². The largest absolute Gasteiger partial charge is 0.0952 e. The van der Waals surface area contributed by atoms with Crippen LogP contribution in [0.15, 0.2) is 61.2 Å². The van der Waals surface area contributed by atoms with Gasteiger partial charge in [0.1, 0.15) is 0 Å². The molecule has 0 spiro atoms. The van der Waals surface area contributed by atoms with Crippen LogP contribution < -0.4 is 0 Å². The quantitative estimate of drug-likeness (QED) is 0.522. The van der Waals surface area contributed by atoms with Crippen LogP contribution in [0.3, 0.4) is 0 Å². The molecule has 0 heterocycles. The van der Waals surface area contributed by atoms with Gasteiger partial charge in [-0.25, -0.2) is 0 Å². The van der Waals surface area contributed by atoms with Gasteiger partial charge in [-0.05, 0) is 71.6 Å². The van der Waals surface area contributed by atoms with E-state index in [2.05, 4.69) is 81.9 Å². The van der Waals surface area contributed by atoms with Crippen molar-refractivity contribution in [2.24, 2.45) is 17.3 Å². The van der Waals surface area contributed by atoms with Crippen molar-refractivity contribution in [3.63, 3.8) is 0 Å². The molecule has 2 aromatic carbocycles. The van der Waals surface area contributed by atoms with Crippen molar-refractivity contribution in [2.45, 2.75) is 60.3 Å². The Kier molecular flexibility index (Phi) is 6.87. The van der Waals surface area contributed by atoms with E-state index in [0.717, 1.165) is 18.3 Å². The second kappa shape index (κ2) is 8.71. The highest BCUT2D eigenvalue weighted by Gasteiger charge is 2.29. The maximum Gasteiger partial charge on any atom is -0.0184 e. The van der Waals surface area contributed by atoms with E-state index in [1.54, 1.807) is 0 Å². The van der Waals surface area contributed by atoms with Crippen molar-refractivity contribution in [1.29, 1.82) is 0 Å². The topological polar surface area (TPSA) is 0 Å². The van der Waals surface area contributed by atoms with Crippen molar-refractivity contribution in [2.75, 3.05) is 0 Å². The molecule has 0 bridgehead atoms. The molecule has 0 saturated heterocycles. The number of hydrogen-bond acceptors (Lipinski definition) is 0. The lowest BCUT2D eigenvalue weighted by Crippen LogP contribution is -2.25. The first-order valence-electron chi connectivity index (χ1n) is 9.77. The summed E-state index contributed by atoms with van der Waals surface area (Å²) in [7, 11) is 0. The van der Waals surface area contributed by atoms with Crippen molar-refractivity contribution in [3.05, 3.63) is 66.7 Å². The lowest BCUT2D eigenvalue weighted by Gasteiger charge is -2.37. The van der Waals surface area contributed by atoms with Gasteiger partial charge in [0.25, 0.3) is 0 Å². The monoisotopic (exact) mass is 348 g/mol. The van der Waals surface area contributed by atoms with Crippen LogP contribution in [0.4, 0.5) is 0 Å². The van der Waals surface area contributed by atoms with E-state index in [1.165, 1.54) is 47.9 Å². The Morgan fingerprint density at radius 1 is 0.846 bits per heavy atom. The summed E-state index contributed by atoms with van der Waals surface area (Å²) < 4.78 is 0. The van der Waals surface area contributed by atoms with Gasteiger partial charge >= 0.3 is 0 Å². The highest BCUT2D eigenvalue weighted by atomic mass is 14.3. The minimum atomic E-state index is 0. The molecule has 0 atom stereocenters. The standard InChI is InChI=1S/C25H32.CH4/c1-19(18-20-10-16-24(17-11-20)25(2,3)4)21-12-14-23(15-13-21)22-8-6-5-7-9-22;/h5-9,12-15,20,24H,1,10-11,16-18H2,2-4H3;1H4. The molecule has 1 fully saturated rings. The maximum atomic E-state index is 4.39. The van der Waals surface area contributed by atoms with Crippen LogP contribution in [-0.4, -0.2) is 0 Å². The third kappa shape index (κ3) is 5.10. The van der Waals surface area contributed by atoms with Crippen LogP contribution in [-0.2, 0) is 0 Å². The van der Waals surface area contributed by atoms with Crippen molar-refractivity contribution >= 4 is 5.57 Å². The van der Waals surface area contributed by atoms with E-state index in [-0.39, 0.29) is 7.43 Å². The highest BCUT2D eigenvalue weighted by molar-refractivity contribution is 5.69. The zero-order chi connectivity index (χ0) is 17.9. The molecule has 140 valence electrons. The van der Waals surface area contributed by atoms with Crippen molar-refractivity contribution < 1.29 is 0 Å². The molecule has 0 radical (unpaired) electrons. The summed E-state index contributed by atoms with van der Waals surface area (Å²) in [4.78, 5) is 0. The van der Waals surface area contributed by atoms with Crippen LogP contribution >= 0.6 is 0 Å². The van der Waals surface area contributed by atoms with E-state index in [1.807, 2.05) is 0 Å². The summed E-state index contributed by atoms with van der Waals surface area (Å²) in [6.45, 7) is 11.6. The average Bonchev–Trinajstić information content (AvgIpc) is 2.62. The van der Waals surface area contributed by atoms with E-state index < -0.39 is 0 Å². The van der Waals surface area contributed by atoms with Gasteiger partial charge in [-0.2, -0.15) is 0 Å². The van der Waals surface area contributed by atoms with Gasteiger partial charge in [0, 0.05) is 0 Å². The summed E-state index contributed by atoms with van der Waals surface area (Å²) in [5.74, 6) is 1.71. The van der Waals surface area contributed by atoms with Crippen LogP contribution in [0, 0.1) is 17.3 Å². The summed E-state index contributed by atoms with van der Waals surface area (Å²) in [6, 6.07) is 19.5. The molecule has 0 amide bonds. The molecule has 1 aliphatic rings. The molecule has 0 aromatic heterocycles. The Morgan fingerprint density at radius 3 is 1.92 bits per heavy atom. The number of allylic oxidation sites excluding steroid dienone is 1. The molecule has 3 rings (SSSR count). The Bertz CT molecular complexity index is 677. The fourth-order valence-electron chi connectivity index (χ4n) is 4.23. The molecule has 0 aliphatic heterocycles. The molecular formula is C26H36. The number of rotatable bonds is 4. The van der Waals surface area contributed by atoms with Gasteiger partial charge in [-0.15, -0.1) is 0 Å².